The number of hydrogen-bond donors (Lipinski definition) is 0. The van der Waals surface area contributed by atoms with E-state index in [2.05, 4.69) is 15.9 Å². The van der Waals surface area contributed by atoms with Crippen LogP contribution in [0.3, 0.4) is 0 Å². The highest BCUT2D eigenvalue weighted by Crippen LogP contribution is 2.27. The van der Waals surface area contributed by atoms with Gasteiger partial charge in [-0.1, -0.05) is 41.8 Å². The summed E-state index contributed by atoms with van der Waals surface area (Å²) in [6.07, 6.45) is 10.3. The Morgan fingerprint density at radius 3 is 2.49 bits per heavy atom. The molecule has 1 atom stereocenters. The molecule has 35 heavy (non-hydrogen) atoms. The zero-order chi connectivity index (χ0) is 24.7. The number of fused-ring (bicyclic) bond motifs is 1. The Labute approximate surface area is 207 Å². The Balaban J connectivity index is 1.84. The van der Waals surface area contributed by atoms with Crippen molar-refractivity contribution in [1.82, 2.24) is 19.1 Å². The summed E-state index contributed by atoms with van der Waals surface area (Å²) >= 11 is 6.10. The van der Waals surface area contributed by atoms with Crippen LogP contribution in [0.5, 0.6) is 0 Å². The van der Waals surface area contributed by atoms with Gasteiger partial charge in [0.15, 0.2) is 0 Å². The third kappa shape index (κ3) is 3.77. The number of benzene rings is 2. The first-order valence-corrected chi connectivity index (χ1v) is 13.1. The number of aromatic nitrogens is 4. The molecule has 0 saturated heterocycles. The van der Waals surface area contributed by atoms with Crippen LogP contribution in [0.2, 0.25) is 5.02 Å². The van der Waals surface area contributed by atoms with Crippen molar-refractivity contribution in [1.29, 1.82) is 0 Å². The minimum Gasteiger partial charge on any atom is -0.338 e. The zero-order valence-corrected chi connectivity index (χ0v) is 20.8. The molecule has 2 aromatic carbocycles. The van der Waals surface area contributed by atoms with Crippen molar-refractivity contribution in [3.8, 4) is 23.5 Å². The highest BCUT2D eigenvalue weighted by atomic mass is 35.5. The van der Waals surface area contributed by atoms with Gasteiger partial charge in [0.05, 0.1) is 11.6 Å². The molecule has 0 aliphatic heterocycles. The van der Waals surface area contributed by atoms with Gasteiger partial charge >= 0.3 is 8.41 Å². The number of nitrogens with zero attached hydrogens (tertiary/aromatic N) is 4. The van der Waals surface area contributed by atoms with E-state index in [0.717, 1.165) is 5.56 Å². The van der Waals surface area contributed by atoms with Crippen molar-refractivity contribution in [2.75, 3.05) is 0 Å². The van der Waals surface area contributed by atoms with Crippen LogP contribution in [0.1, 0.15) is 5.56 Å². The molecule has 3 heterocycles. The van der Waals surface area contributed by atoms with Gasteiger partial charge in [-0.15, -0.1) is 6.42 Å². The van der Waals surface area contributed by atoms with Crippen LogP contribution < -0.4 is 21.2 Å². The summed E-state index contributed by atoms with van der Waals surface area (Å²) in [5, 5.41) is 2.61. The molecule has 0 amide bonds. The summed E-state index contributed by atoms with van der Waals surface area (Å²) in [5.41, 5.74) is 2.34. The van der Waals surface area contributed by atoms with Crippen molar-refractivity contribution < 1.29 is 4.11 Å². The van der Waals surface area contributed by atoms with Crippen molar-refractivity contribution >= 4 is 46.7 Å². The van der Waals surface area contributed by atoms with Crippen molar-refractivity contribution in [2.45, 2.75) is 0 Å². The quantitative estimate of drug-likeness (QED) is 0.217. The normalized spacial score (nSPS) is 12.9. The number of imidazole rings is 1. The summed E-state index contributed by atoms with van der Waals surface area (Å²) in [6, 6.07) is 17.5. The maximum atomic E-state index is 17.5. The van der Waals surface area contributed by atoms with Gasteiger partial charge in [-0.2, -0.15) is 0 Å². The standard InChI is InChI=1S/C27H20ClFN4OSi/c1-4-18-6-5-7-19(12-18)23-14-25(34)33(3)27-24(23)13-22(15-31-27)35(29,26-16-30-17-32(26)2)21-10-8-20(28)9-11-21/h1,5-17H,2-3H3/t35-/m1/s1. The highest BCUT2D eigenvalue weighted by molar-refractivity contribution is 7.06. The van der Waals surface area contributed by atoms with Crippen LogP contribution in [-0.4, -0.2) is 27.5 Å². The smallest absolute Gasteiger partial charge is 0.338 e. The molecule has 0 aliphatic rings. The van der Waals surface area contributed by atoms with Crippen LogP contribution in [-0.2, 0) is 14.1 Å². The van der Waals surface area contributed by atoms with Gasteiger partial charge in [-0.05, 0) is 46.6 Å². The van der Waals surface area contributed by atoms with Gasteiger partial charge in [-0.25, -0.2) is 9.97 Å². The van der Waals surface area contributed by atoms with Crippen molar-refractivity contribution in [3.05, 3.63) is 100 Å². The number of halogens is 2. The minimum absolute atomic E-state index is 0.216. The Hall–Kier alpha value is -3.99. The van der Waals surface area contributed by atoms with Gasteiger partial charge in [0.1, 0.15) is 5.65 Å². The summed E-state index contributed by atoms with van der Waals surface area (Å²) < 4.78 is 20.6. The third-order valence-corrected chi connectivity index (χ3v) is 9.86. The molecule has 0 radical (unpaired) electrons. The van der Waals surface area contributed by atoms with Crippen LogP contribution in [0.15, 0.2) is 84.2 Å². The van der Waals surface area contributed by atoms with Gasteiger partial charge in [-0.3, -0.25) is 13.5 Å². The number of hydrogen-bond acceptors (Lipinski definition) is 3. The fourth-order valence-corrected chi connectivity index (χ4v) is 7.42. The largest absolute Gasteiger partial charge is 0.358 e. The van der Waals surface area contributed by atoms with E-state index in [1.54, 1.807) is 61.5 Å². The summed E-state index contributed by atoms with van der Waals surface area (Å²) in [6.45, 7) is 0. The lowest BCUT2D eigenvalue weighted by molar-refractivity contribution is 0.823. The lowest BCUT2D eigenvalue weighted by atomic mass is 10.0. The molecule has 5 nitrogen and oxygen atoms in total. The molecular weight excluding hydrogens is 479 g/mol. The first-order valence-electron chi connectivity index (χ1n) is 10.8. The molecule has 0 saturated carbocycles. The van der Waals surface area contributed by atoms with Crippen molar-refractivity contribution in [2.24, 2.45) is 14.1 Å². The molecule has 0 N–H and O–H groups in total. The van der Waals surface area contributed by atoms with E-state index in [0.29, 0.717) is 42.9 Å². The Morgan fingerprint density at radius 2 is 1.80 bits per heavy atom. The third-order valence-electron chi connectivity index (χ3n) is 6.22. The molecule has 3 aromatic heterocycles. The number of rotatable bonds is 4. The lowest BCUT2D eigenvalue weighted by Gasteiger charge is -2.24. The summed E-state index contributed by atoms with van der Waals surface area (Å²) in [7, 11) is -0.599. The molecule has 5 aromatic rings. The van der Waals surface area contributed by atoms with Gasteiger partial charge in [0.2, 0.25) is 0 Å². The van der Waals surface area contributed by atoms with E-state index in [4.69, 9.17) is 18.0 Å². The van der Waals surface area contributed by atoms with E-state index in [1.807, 2.05) is 24.3 Å². The average molecular weight is 499 g/mol. The van der Waals surface area contributed by atoms with Crippen LogP contribution >= 0.6 is 11.6 Å². The fourth-order valence-electron chi connectivity index (χ4n) is 4.36. The Morgan fingerprint density at radius 1 is 1.03 bits per heavy atom. The lowest BCUT2D eigenvalue weighted by Crippen LogP contribution is -2.65. The first-order chi connectivity index (χ1) is 16.8. The number of pyridine rings is 2. The van der Waals surface area contributed by atoms with Crippen LogP contribution in [0, 0.1) is 12.3 Å². The predicted octanol–water partition coefficient (Wildman–Crippen LogP) is 2.91. The molecule has 0 bridgehead atoms. The van der Waals surface area contributed by atoms with E-state index < -0.39 is 8.41 Å². The Kier molecular flexibility index (Phi) is 5.63. The fraction of sp³-hybridized carbons (Fsp3) is 0.0741. The topological polar surface area (TPSA) is 52.7 Å². The highest BCUT2D eigenvalue weighted by Gasteiger charge is 2.44. The maximum Gasteiger partial charge on any atom is 0.358 e. The number of aryl methyl sites for hydroxylation is 2. The van der Waals surface area contributed by atoms with E-state index in [-0.39, 0.29) is 5.56 Å². The van der Waals surface area contributed by atoms with E-state index in [1.165, 1.54) is 16.8 Å². The predicted molar refractivity (Wildman–Crippen MR) is 141 cm³/mol. The second-order valence-corrected chi connectivity index (χ2v) is 11.8. The van der Waals surface area contributed by atoms with E-state index >= 15 is 4.11 Å². The number of terminal acetylenes is 1. The zero-order valence-electron chi connectivity index (χ0n) is 19.0. The van der Waals surface area contributed by atoms with Crippen LogP contribution in [0.25, 0.3) is 22.2 Å². The molecule has 8 heteroatoms. The molecule has 0 fully saturated rings. The Bertz CT molecular complexity index is 1690. The first kappa shape index (κ1) is 22.8. The minimum atomic E-state index is -4.02. The molecule has 0 spiro atoms. The second kappa shape index (κ2) is 8.66. The molecular formula is C27H20ClFN4OSi. The van der Waals surface area contributed by atoms with Gasteiger partial charge in [0, 0.05) is 53.7 Å². The van der Waals surface area contributed by atoms with Gasteiger partial charge in [0.25, 0.3) is 5.56 Å². The monoisotopic (exact) mass is 498 g/mol. The van der Waals surface area contributed by atoms with Crippen LogP contribution in [0.4, 0.5) is 4.11 Å². The second-order valence-electron chi connectivity index (χ2n) is 8.33. The average Bonchev–Trinajstić information content (AvgIpc) is 3.32. The summed E-state index contributed by atoms with van der Waals surface area (Å²) in [4.78, 5) is 21.5. The molecule has 0 aliphatic carbocycles. The van der Waals surface area contributed by atoms with Gasteiger partial charge < -0.3 is 4.57 Å². The maximum absolute atomic E-state index is 17.5. The molecule has 172 valence electrons. The summed E-state index contributed by atoms with van der Waals surface area (Å²) in [5.74, 6) is 2.63. The molecule has 5 rings (SSSR count). The van der Waals surface area contributed by atoms with E-state index in [9.17, 15) is 4.79 Å². The van der Waals surface area contributed by atoms with Crippen molar-refractivity contribution in [3.63, 3.8) is 0 Å². The molecule has 0 unspecified atom stereocenters. The SMILES string of the molecule is C#Cc1cccc(-c2cc(=O)n(C)c3ncc([Si@](F)(c4ccc(Cl)cc4)c4cncn4C)cc23)c1.